The third-order valence-corrected chi connectivity index (χ3v) is 2.62. The number of thioether (sulfide) groups is 1. The molecule has 0 bridgehead atoms. The molecule has 0 heterocycles. The van der Waals surface area contributed by atoms with Crippen molar-refractivity contribution in [2.75, 3.05) is 0 Å². The molecule has 14 heavy (non-hydrogen) atoms. The number of rotatable bonds is 3. The fraction of sp³-hybridized carbons (Fsp3) is 0.300. The van der Waals surface area contributed by atoms with Gasteiger partial charge in [-0.25, -0.2) is 9.18 Å². The Kier molecular flexibility index (Phi) is 3.52. The predicted octanol–water partition coefficient (Wildman–Crippen LogP) is 3.02. The van der Waals surface area contributed by atoms with Gasteiger partial charge in [0, 0.05) is 10.1 Å². The molecule has 0 saturated heterocycles. The highest BCUT2D eigenvalue weighted by atomic mass is 32.2. The van der Waals surface area contributed by atoms with E-state index in [0.29, 0.717) is 4.90 Å². The quantitative estimate of drug-likeness (QED) is 0.786. The highest BCUT2D eigenvalue weighted by molar-refractivity contribution is 8.00. The van der Waals surface area contributed by atoms with Crippen molar-refractivity contribution in [1.82, 2.24) is 0 Å². The van der Waals surface area contributed by atoms with Gasteiger partial charge in [-0.05, 0) is 12.1 Å². The van der Waals surface area contributed by atoms with Crippen LogP contribution in [0.2, 0.25) is 0 Å². The molecule has 0 fully saturated rings. The molecule has 4 heteroatoms. The van der Waals surface area contributed by atoms with Crippen LogP contribution in [0.25, 0.3) is 0 Å². The van der Waals surface area contributed by atoms with Crippen molar-refractivity contribution in [3.05, 3.63) is 29.6 Å². The second-order valence-electron chi connectivity index (χ2n) is 3.08. The van der Waals surface area contributed by atoms with Gasteiger partial charge in [0.25, 0.3) is 0 Å². The summed E-state index contributed by atoms with van der Waals surface area (Å²) in [6.07, 6.45) is 0. The van der Waals surface area contributed by atoms with Gasteiger partial charge >= 0.3 is 5.97 Å². The number of carboxylic acids is 1. The first-order chi connectivity index (χ1) is 6.52. The van der Waals surface area contributed by atoms with Crippen LogP contribution < -0.4 is 0 Å². The van der Waals surface area contributed by atoms with Crippen LogP contribution in [-0.2, 0) is 0 Å². The summed E-state index contributed by atoms with van der Waals surface area (Å²) < 4.78 is 13.2. The van der Waals surface area contributed by atoms with Crippen molar-refractivity contribution in [2.45, 2.75) is 24.0 Å². The summed E-state index contributed by atoms with van der Waals surface area (Å²) in [6.45, 7) is 3.86. The molecule has 0 unspecified atom stereocenters. The largest absolute Gasteiger partial charge is 0.478 e. The van der Waals surface area contributed by atoms with Crippen molar-refractivity contribution in [2.24, 2.45) is 0 Å². The summed E-state index contributed by atoms with van der Waals surface area (Å²) in [7, 11) is 0. The lowest BCUT2D eigenvalue weighted by atomic mass is 10.2. The van der Waals surface area contributed by atoms with Gasteiger partial charge in [-0.1, -0.05) is 19.9 Å². The van der Waals surface area contributed by atoms with Crippen LogP contribution in [0.4, 0.5) is 4.39 Å². The van der Waals surface area contributed by atoms with Crippen molar-refractivity contribution in [1.29, 1.82) is 0 Å². The van der Waals surface area contributed by atoms with E-state index in [1.807, 2.05) is 13.8 Å². The number of carboxylic acid groups (broad SMARTS) is 1. The van der Waals surface area contributed by atoms with Crippen LogP contribution in [0.3, 0.4) is 0 Å². The van der Waals surface area contributed by atoms with Crippen LogP contribution >= 0.6 is 11.8 Å². The Hall–Kier alpha value is -1.03. The van der Waals surface area contributed by atoms with E-state index in [-0.39, 0.29) is 10.8 Å². The number of benzene rings is 1. The van der Waals surface area contributed by atoms with Crippen molar-refractivity contribution in [3.8, 4) is 0 Å². The molecule has 0 amide bonds. The highest BCUT2D eigenvalue weighted by Crippen LogP contribution is 2.28. The normalized spacial score (nSPS) is 10.6. The zero-order chi connectivity index (χ0) is 10.7. The van der Waals surface area contributed by atoms with E-state index >= 15 is 0 Å². The molecule has 0 spiro atoms. The topological polar surface area (TPSA) is 37.3 Å². The summed E-state index contributed by atoms with van der Waals surface area (Å²) in [6, 6.07) is 4.30. The Balaban J connectivity index is 3.14. The molecule has 1 rings (SSSR count). The van der Waals surface area contributed by atoms with Gasteiger partial charge in [-0.15, -0.1) is 11.8 Å². The Bertz CT molecular complexity index is 350. The lowest BCUT2D eigenvalue weighted by Crippen LogP contribution is -2.03. The third kappa shape index (κ3) is 2.48. The summed E-state index contributed by atoms with van der Waals surface area (Å²) >= 11 is 1.35. The molecule has 1 aromatic carbocycles. The number of halogens is 1. The molecule has 1 N–H and O–H groups in total. The van der Waals surface area contributed by atoms with Crippen LogP contribution in [0, 0.1) is 5.82 Å². The van der Waals surface area contributed by atoms with E-state index in [4.69, 9.17) is 5.11 Å². The van der Waals surface area contributed by atoms with Gasteiger partial charge in [0.2, 0.25) is 0 Å². The van der Waals surface area contributed by atoms with Gasteiger partial charge in [0.15, 0.2) is 0 Å². The molecule has 76 valence electrons. The van der Waals surface area contributed by atoms with Gasteiger partial charge in [0.05, 0.1) is 0 Å². The fourth-order valence-corrected chi connectivity index (χ4v) is 2.03. The highest BCUT2D eigenvalue weighted by Gasteiger charge is 2.16. The lowest BCUT2D eigenvalue weighted by molar-refractivity contribution is 0.0688. The maximum Gasteiger partial charge on any atom is 0.339 e. The predicted molar refractivity (Wildman–Crippen MR) is 54.4 cm³/mol. The standard InChI is InChI=1S/C10H11FO2S/c1-6(2)14-8-5-3-4-7(11)9(8)10(12)13/h3-6H,1-2H3,(H,12,13). The van der Waals surface area contributed by atoms with Crippen LogP contribution in [0.1, 0.15) is 24.2 Å². The SMILES string of the molecule is CC(C)Sc1cccc(F)c1C(=O)O. The molecule has 1 aromatic rings. The number of hydrogen-bond donors (Lipinski definition) is 1. The second kappa shape index (κ2) is 4.46. The smallest absolute Gasteiger partial charge is 0.339 e. The van der Waals surface area contributed by atoms with E-state index in [9.17, 15) is 9.18 Å². The maximum atomic E-state index is 13.2. The molecule has 2 nitrogen and oxygen atoms in total. The number of hydrogen-bond acceptors (Lipinski definition) is 2. The Morgan fingerprint density at radius 2 is 2.14 bits per heavy atom. The van der Waals surface area contributed by atoms with Crippen molar-refractivity contribution < 1.29 is 14.3 Å². The molecular formula is C10H11FO2S. The minimum atomic E-state index is -1.22. The summed E-state index contributed by atoms with van der Waals surface area (Å²) in [5.74, 6) is -1.89. The first-order valence-electron chi connectivity index (χ1n) is 4.21. The second-order valence-corrected chi connectivity index (χ2v) is 4.70. The van der Waals surface area contributed by atoms with Gasteiger partial charge in [-0.2, -0.15) is 0 Å². The minimum Gasteiger partial charge on any atom is -0.478 e. The Morgan fingerprint density at radius 1 is 1.50 bits per heavy atom. The van der Waals surface area contributed by atoms with E-state index in [2.05, 4.69) is 0 Å². The Labute approximate surface area is 86.1 Å². The van der Waals surface area contributed by atoms with Crippen molar-refractivity contribution in [3.63, 3.8) is 0 Å². The molecule has 0 aliphatic carbocycles. The summed E-state index contributed by atoms with van der Waals surface area (Å²) in [5.41, 5.74) is -0.230. The van der Waals surface area contributed by atoms with Crippen LogP contribution in [-0.4, -0.2) is 16.3 Å². The zero-order valence-corrected chi connectivity index (χ0v) is 8.77. The molecule has 0 radical (unpaired) electrons. The van der Waals surface area contributed by atoms with Crippen LogP contribution in [0.15, 0.2) is 23.1 Å². The first-order valence-corrected chi connectivity index (χ1v) is 5.08. The molecule has 0 saturated carbocycles. The number of carbonyl (C=O) groups is 1. The van der Waals surface area contributed by atoms with E-state index < -0.39 is 11.8 Å². The average molecular weight is 214 g/mol. The van der Waals surface area contributed by atoms with Gasteiger partial charge < -0.3 is 5.11 Å². The fourth-order valence-electron chi connectivity index (χ4n) is 1.06. The molecule has 0 atom stereocenters. The van der Waals surface area contributed by atoms with Gasteiger partial charge in [0.1, 0.15) is 11.4 Å². The lowest BCUT2D eigenvalue weighted by Gasteiger charge is -2.08. The van der Waals surface area contributed by atoms with E-state index in [1.165, 1.54) is 17.8 Å². The third-order valence-electron chi connectivity index (χ3n) is 1.55. The molecular weight excluding hydrogens is 203 g/mol. The molecule has 0 aliphatic rings. The summed E-state index contributed by atoms with van der Waals surface area (Å²) in [5, 5.41) is 9.04. The maximum absolute atomic E-state index is 13.2. The zero-order valence-electron chi connectivity index (χ0n) is 7.95. The van der Waals surface area contributed by atoms with Crippen LogP contribution in [0.5, 0.6) is 0 Å². The first kappa shape index (κ1) is 11.0. The van der Waals surface area contributed by atoms with E-state index in [1.54, 1.807) is 6.07 Å². The summed E-state index contributed by atoms with van der Waals surface area (Å²) in [4.78, 5) is 11.2. The minimum absolute atomic E-state index is 0.230. The van der Waals surface area contributed by atoms with E-state index in [0.717, 1.165) is 6.07 Å². The number of aromatic carboxylic acids is 1. The average Bonchev–Trinajstić information content (AvgIpc) is 2.01. The molecule has 0 aromatic heterocycles. The van der Waals surface area contributed by atoms with Gasteiger partial charge in [-0.3, -0.25) is 0 Å². The monoisotopic (exact) mass is 214 g/mol. The Morgan fingerprint density at radius 3 is 2.64 bits per heavy atom. The van der Waals surface area contributed by atoms with Crippen molar-refractivity contribution >= 4 is 17.7 Å². The molecule has 0 aliphatic heterocycles.